The number of hydrogen-bond donors (Lipinski definition) is 1. The molecule has 0 saturated carbocycles. The molecule has 0 aromatic rings. The quantitative estimate of drug-likeness (QED) is 0.466. The predicted octanol–water partition coefficient (Wildman–Crippen LogP) is 0.951. The molecule has 0 aromatic heterocycles. The summed E-state index contributed by atoms with van der Waals surface area (Å²) in [5.74, 6) is 0.656. The van der Waals surface area contributed by atoms with Gasteiger partial charge in [-0.05, 0) is 5.92 Å². The predicted molar refractivity (Wildman–Crippen MR) is 32.8 cm³/mol. The lowest BCUT2D eigenvalue weighted by molar-refractivity contribution is 0.189. The molecule has 1 rings (SSSR count). The summed E-state index contributed by atoms with van der Waals surface area (Å²) >= 11 is 4.26. The molecule has 1 unspecified atom stereocenters. The van der Waals surface area contributed by atoms with Gasteiger partial charge in [0.25, 0.3) is 0 Å². The van der Waals surface area contributed by atoms with Crippen molar-refractivity contribution in [1.29, 1.82) is 0 Å². The highest BCUT2D eigenvalue weighted by molar-refractivity contribution is 7.81. The molecule has 42 valence electrons. The van der Waals surface area contributed by atoms with Gasteiger partial charge in [-0.1, -0.05) is 6.92 Å². The van der Waals surface area contributed by atoms with Crippen LogP contribution in [0, 0.1) is 5.92 Å². The maximum Gasteiger partial charge on any atom is 0.0586 e. The van der Waals surface area contributed by atoms with Crippen molar-refractivity contribution in [2.75, 3.05) is 13.2 Å². The molecule has 0 N–H and O–H groups in total. The zero-order chi connectivity index (χ0) is 5.28. The van der Waals surface area contributed by atoms with Crippen LogP contribution in [-0.4, -0.2) is 18.5 Å². The average Bonchev–Trinajstić information content (AvgIpc) is 1.91. The highest BCUT2D eigenvalue weighted by atomic mass is 32.1. The summed E-state index contributed by atoms with van der Waals surface area (Å²) < 4.78 is 5.09. The second-order valence-electron chi connectivity index (χ2n) is 2.08. The SMILES string of the molecule is C[C@@H]1COCC1S. The minimum absolute atomic E-state index is 0.486. The Labute approximate surface area is 49.5 Å². The average molecular weight is 118 g/mol. The van der Waals surface area contributed by atoms with Gasteiger partial charge in [-0.25, -0.2) is 0 Å². The number of hydrogen-bond acceptors (Lipinski definition) is 2. The second-order valence-corrected chi connectivity index (χ2v) is 2.75. The Kier molecular flexibility index (Phi) is 1.60. The van der Waals surface area contributed by atoms with Gasteiger partial charge < -0.3 is 4.74 Å². The van der Waals surface area contributed by atoms with Gasteiger partial charge in [0.1, 0.15) is 0 Å². The van der Waals surface area contributed by atoms with Gasteiger partial charge in [0.05, 0.1) is 13.2 Å². The first-order chi connectivity index (χ1) is 3.30. The van der Waals surface area contributed by atoms with Crippen molar-refractivity contribution < 1.29 is 4.74 Å². The summed E-state index contributed by atoms with van der Waals surface area (Å²) in [6, 6.07) is 0. The summed E-state index contributed by atoms with van der Waals surface area (Å²) in [6.45, 7) is 3.89. The summed E-state index contributed by atoms with van der Waals surface area (Å²) in [7, 11) is 0. The first-order valence-corrected chi connectivity index (χ1v) is 3.08. The fourth-order valence-corrected chi connectivity index (χ4v) is 0.841. The zero-order valence-corrected chi connectivity index (χ0v) is 5.32. The fourth-order valence-electron chi connectivity index (χ4n) is 0.650. The van der Waals surface area contributed by atoms with Crippen LogP contribution in [0.25, 0.3) is 0 Å². The van der Waals surface area contributed by atoms with Crippen molar-refractivity contribution in [2.45, 2.75) is 12.2 Å². The van der Waals surface area contributed by atoms with E-state index in [4.69, 9.17) is 4.74 Å². The van der Waals surface area contributed by atoms with Crippen molar-refractivity contribution in [3.05, 3.63) is 0 Å². The maximum absolute atomic E-state index is 5.09. The molecule has 0 aromatic carbocycles. The van der Waals surface area contributed by atoms with Crippen LogP contribution in [0.3, 0.4) is 0 Å². The minimum Gasteiger partial charge on any atom is -0.380 e. The van der Waals surface area contributed by atoms with E-state index in [0.717, 1.165) is 13.2 Å². The molecule has 1 nitrogen and oxygen atoms in total. The normalized spacial score (nSPS) is 42.0. The van der Waals surface area contributed by atoms with Gasteiger partial charge in [-0.3, -0.25) is 0 Å². The summed E-state index contributed by atoms with van der Waals surface area (Å²) in [5.41, 5.74) is 0. The number of thiol groups is 1. The van der Waals surface area contributed by atoms with Crippen molar-refractivity contribution >= 4 is 12.6 Å². The molecule has 1 aliphatic heterocycles. The lowest BCUT2D eigenvalue weighted by Gasteiger charge is -2.00. The monoisotopic (exact) mass is 118 g/mol. The highest BCUT2D eigenvalue weighted by Crippen LogP contribution is 2.16. The van der Waals surface area contributed by atoms with E-state index in [1.807, 2.05) is 0 Å². The minimum atomic E-state index is 0.486. The summed E-state index contributed by atoms with van der Waals surface area (Å²) in [5, 5.41) is 0.486. The van der Waals surface area contributed by atoms with E-state index >= 15 is 0 Å². The third-order valence-corrected chi connectivity index (χ3v) is 1.98. The molecule has 7 heavy (non-hydrogen) atoms. The molecule has 0 aliphatic carbocycles. The topological polar surface area (TPSA) is 9.23 Å². The van der Waals surface area contributed by atoms with E-state index in [9.17, 15) is 0 Å². The van der Waals surface area contributed by atoms with Gasteiger partial charge in [-0.2, -0.15) is 12.6 Å². The third-order valence-electron chi connectivity index (χ3n) is 1.33. The van der Waals surface area contributed by atoms with Crippen LogP contribution < -0.4 is 0 Å². The molecule has 0 amide bonds. The van der Waals surface area contributed by atoms with E-state index in [2.05, 4.69) is 19.6 Å². The first-order valence-electron chi connectivity index (χ1n) is 2.56. The van der Waals surface area contributed by atoms with Crippen molar-refractivity contribution in [1.82, 2.24) is 0 Å². The Hall–Kier alpha value is 0.310. The Balaban J connectivity index is 2.33. The van der Waals surface area contributed by atoms with E-state index in [1.54, 1.807) is 0 Å². The highest BCUT2D eigenvalue weighted by Gasteiger charge is 2.19. The third kappa shape index (κ3) is 1.10. The molecular weight excluding hydrogens is 108 g/mol. The standard InChI is InChI=1S/C5H10OS/c1-4-2-6-3-5(4)7/h4-5,7H,2-3H2,1H3/t4-,5?/m1/s1. The van der Waals surface area contributed by atoms with Crippen LogP contribution in [0.1, 0.15) is 6.92 Å². The molecule has 0 bridgehead atoms. The molecule has 2 atom stereocenters. The Morgan fingerprint density at radius 2 is 2.29 bits per heavy atom. The molecule has 0 radical (unpaired) electrons. The molecule has 1 fully saturated rings. The summed E-state index contributed by atoms with van der Waals surface area (Å²) in [6.07, 6.45) is 0. The number of rotatable bonds is 0. The van der Waals surface area contributed by atoms with Crippen LogP contribution >= 0.6 is 12.6 Å². The number of ether oxygens (including phenoxy) is 1. The Bertz CT molecular complexity index is 57.1. The van der Waals surface area contributed by atoms with Crippen molar-refractivity contribution in [2.24, 2.45) is 5.92 Å². The van der Waals surface area contributed by atoms with E-state index in [-0.39, 0.29) is 0 Å². The molecule has 1 saturated heterocycles. The summed E-state index contributed by atoms with van der Waals surface area (Å²) in [4.78, 5) is 0. The molecule has 0 spiro atoms. The van der Waals surface area contributed by atoms with Crippen molar-refractivity contribution in [3.8, 4) is 0 Å². The van der Waals surface area contributed by atoms with Gasteiger partial charge in [-0.15, -0.1) is 0 Å². The zero-order valence-electron chi connectivity index (χ0n) is 4.42. The van der Waals surface area contributed by atoms with Crippen LogP contribution in [0.4, 0.5) is 0 Å². The lowest BCUT2D eigenvalue weighted by atomic mass is 10.2. The molecule has 1 heterocycles. The first kappa shape index (κ1) is 5.45. The van der Waals surface area contributed by atoms with Crippen LogP contribution in [-0.2, 0) is 4.74 Å². The van der Waals surface area contributed by atoms with Gasteiger partial charge >= 0.3 is 0 Å². The van der Waals surface area contributed by atoms with Crippen molar-refractivity contribution in [3.63, 3.8) is 0 Å². The molecular formula is C5H10OS. The van der Waals surface area contributed by atoms with Gasteiger partial charge in [0.2, 0.25) is 0 Å². The van der Waals surface area contributed by atoms with E-state index in [1.165, 1.54) is 0 Å². The van der Waals surface area contributed by atoms with Gasteiger partial charge in [0, 0.05) is 5.25 Å². The fraction of sp³-hybridized carbons (Fsp3) is 1.00. The second kappa shape index (κ2) is 2.05. The smallest absolute Gasteiger partial charge is 0.0586 e. The Morgan fingerprint density at radius 1 is 1.57 bits per heavy atom. The van der Waals surface area contributed by atoms with Gasteiger partial charge in [0.15, 0.2) is 0 Å². The van der Waals surface area contributed by atoms with E-state index in [0.29, 0.717) is 11.2 Å². The largest absolute Gasteiger partial charge is 0.380 e. The lowest BCUT2D eigenvalue weighted by Crippen LogP contribution is -2.06. The van der Waals surface area contributed by atoms with Crippen LogP contribution in [0.15, 0.2) is 0 Å². The molecule has 2 heteroatoms. The maximum atomic E-state index is 5.09. The molecule has 1 aliphatic rings. The van der Waals surface area contributed by atoms with Crippen LogP contribution in [0.5, 0.6) is 0 Å². The Morgan fingerprint density at radius 3 is 2.43 bits per heavy atom. The van der Waals surface area contributed by atoms with E-state index < -0.39 is 0 Å². The van der Waals surface area contributed by atoms with Crippen LogP contribution in [0.2, 0.25) is 0 Å².